The van der Waals surface area contributed by atoms with E-state index in [9.17, 15) is 9.90 Å². The number of thiophene rings is 1. The second-order valence-electron chi connectivity index (χ2n) is 4.55. The number of carboxylic acids is 1. The summed E-state index contributed by atoms with van der Waals surface area (Å²) in [6.07, 6.45) is -0.285. The summed E-state index contributed by atoms with van der Waals surface area (Å²) in [6, 6.07) is 10.9. The van der Waals surface area contributed by atoms with Gasteiger partial charge in [-0.2, -0.15) is 0 Å². The third kappa shape index (κ3) is 2.87. The van der Waals surface area contributed by atoms with Crippen molar-refractivity contribution in [2.45, 2.75) is 6.42 Å². The summed E-state index contributed by atoms with van der Waals surface area (Å²) in [5, 5.41) is 12.8. The molecule has 6 heteroatoms. The average Bonchev–Trinajstić information content (AvgIpc) is 3.16. The number of hydrogen-bond acceptors (Lipinski definition) is 6. The first-order valence-electron chi connectivity index (χ1n) is 6.55. The van der Waals surface area contributed by atoms with Crippen molar-refractivity contribution in [1.82, 2.24) is 4.98 Å². The Morgan fingerprint density at radius 2 is 2.09 bits per heavy atom. The van der Waals surface area contributed by atoms with Gasteiger partial charge < -0.3 is 19.1 Å². The number of carbonyl (C=O) groups excluding carboxylic acids is 1. The third-order valence-electron chi connectivity index (χ3n) is 3.09. The SMILES string of the molecule is COc1ccc(-c2nc(CC(=O)[O-])c(-c3cccs3)o2)cc1. The number of hydrogen-bond donors (Lipinski definition) is 0. The summed E-state index contributed by atoms with van der Waals surface area (Å²) >= 11 is 1.46. The van der Waals surface area contributed by atoms with Crippen LogP contribution in [0.1, 0.15) is 5.69 Å². The largest absolute Gasteiger partial charge is 0.550 e. The Kier molecular flexibility index (Phi) is 3.93. The van der Waals surface area contributed by atoms with Crippen molar-refractivity contribution in [2.24, 2.45) is 0 Å². The molecule has 0 aliphatic rings. The lowest BCUT2D eigenvalue weighted by molar-refractivity contribution is -0.304. The number of oxazole rings is 1. The van der Waals surface area contributed by atoms with Gasteiger partial charge in [-0.15, -0.1) is 11.3 Å². The lowest BCUT2D eigenvalue weighted by Gasteiger charge is -1.99. The van der Waals surface area contributed by atoms with Crippen molar-refractivity contribution in [3.05, 3.63) is 47.5 Å². The summed E-state index contributed by atoms with van der Waals surface area (Å²) in [6.45, 7) is 0. The molecule has 0 radical (unpaired) electrons. The number of benzene rings is 1. The molecule has 0 fully saturated rings. The maximum atomic E-state index is 10.9. The molecule has 22 heavy (non-hydrogen) atoms. The summed E-state index contributed by atoms with van der Waals surface area (Å²) in [7, 11) is 1.59. The first kappa shape index (κ1) is 14.3. The van der Waals surface area contributed by atoms with Crippen LogP contribution in [0.5, 0.6) is 5.75 Å². The molecule has 3 aromatic rings. The Labute approximate surface area is 130 Å². The van der Waals surface area contributed by atoms with Crippen molar-refractivity contribution in [3.8, 4) is 27.8 Å². The predicted octanol–water partition coefficient (Wildman–Crippen LogP) is 2.37. The molecule has 5 nitrogen and oxygen atoms in total. The number of carbonyl (C=O) groups is 1. The molecule has 0 unspecified atom stereocenters. The minimum Gasteiger partial charge on any atom is -0.550 e. The van der Waals surface area contributed by atoms with E-state index in [1.807, 2.05) is 29.6 Å². The van der Waals surface area contributed by atoms with Crippen LogP contribution in [0.4, 0.5) is 0 Å². The highest BCUT2D eigenvalue weighted by molar-refractivity contribution is 7.13. The molecule has 0 bridgehead atoms. The zero-order chi connectivity index (χ0) is 15.5. The summed E-state index contributed by atoms with van der Waals surface area (Å²) in [5.74, 6) is 0.392. The second-order valence-corrected chi connectivity index (χ2v) is 5.50. The van der Waals surface area contributed by atoms with Gasteiger partial charge in [-0.3, -0.25) is 0 Å². The quantitative estimate of drug-likeness (QED) is 0.722. The number of carboxylic acid groups (broad SMARTS) is 1. The maximum Gasteiger partial charge on any atom is 0.227 e. The molecule has 0 atom stereocenters. The summed E-state index contributed by atoms with van der Waals surface area (Å²) < 4.78 is 10.9. The highest BCUT2D eigenvalue weighted by Gasteiger charge is 2.17. The number of ether oxygens (including phenoxy) is 1. The monoisotopic (exact) mass is 314 g/mol. The van der Waals surface area contributed by atoms with Gasteiger partial charge in [0, 0.05) is 18.0 Å². The number of aromatic nitrogens is 1. The van der Waals surface area contributed by atoms with Gasteiger partial charge in [-0.25, -0.2) is 4.98 Å². The average molecular weight is 314 g/mol. The van der Waals surface area contributed by atoms with Crippen LogP contribution in [-0.4, -0.2) is 18.1 Å². The zero-order valence-electron chi connectivity index (χ0n) is 11.7. The molecule has 3 rings (SSSR count). The van der Waals surface area contributed by atoms with Crippen molar-refractivity contribution < 1.29 is 19.1 Å². The Hall–Kier alpha value is -2.60. The van der Waals surface area contributed by atoms with Crippen LogP contribution in [-0.2, 0) is 11.2 Å². The van der Waals surface area contributed by atoms with Crippen molar-refractivity contribution in [1.29, 1.82) is 0 Å². The lowest BCUT2D eigenvalue weighted by Crippen LogP contribution is -2.24. The molecule has 0 spiro atoms. The number of aliphatic carboxylic acids is 1. The van der Waals surface area contributed by atoms with E-state index in [4.69, 9.17) is 9.15 Å². The molecular formula is C16H12NO4S-. The van der Waals surface area contributed by atoms with Crippen molar-refractivity contribution in [2.75, 3.05) is 7.11 Å². The van der Waals surface area contributed by atoms with E-state index in [1.54, 1.807) is 19.2 Å². The minimum absolute atomic E-state index is 0.285. The zero-order valence-corrected chi connectivity index (χ0v) is 12.6. The molecule has 0 aliphatic heterocycles. The van der Waals surface area contributed by atoms with Crippen LogP contribution in [0.15, 0.2) is 46.2 Å². The van der Waals surface area contributed by atoms with Gasteiger partial charge in [0.05, 0.1) is 17.7 Å². The van der Waals surface area contributed by atoms with Gasteiger partial charge in [0.25, 0.3) is 0 Å². The molecular weight excluding hydrogens is 302 g/mol. The van der Waals surface area contributed by atoms with E-state index in [1.165, 1.54) is 11.3 Å². The normalized spacial score (nSPS) is 10.6. The van der Waals surface area contributed by atoms with Gasteiger partial charge in [-0.05, 0) is 35.7 Å². The van der Waals surface area contributed by atoms with Crippen LogP contribution in [0.2, 0.25) is 0 Å². The first-order valence-corrected chi connectivity index (χ1v) is 7.43. The molecule has 2 heterocycles. The van der Waals surface area contributed by atoms with E-state index in [0.29, 0.717) is 17.3 Å². The molecule has 0 saturated heterocycles. The van der Waals surface area contributed by atoms with Gasteiger partial charge in [0.15, 0.2) is 5.76 Å². The number of nitrogens with zero attached hydrogens (tertiary/aromatic N) is 1. The van der Waals surface area contributed by atoms with Crippen LogP contribution < -0.4 is 9.84 Å². The second kappa shape index (κ2) is 6.03. The van der Waals surface area contributed by atoms with E-state index in [0.717, 1.165) is 16.2 Å². The Balaban J connectivity index is 2.03. The van der Waals surface area contributed by atoms with Crippen LogP contribution in [0.3, 0.4) is 0 Å². The molecule has 0 amide bonds. The van der Waals surface area contributed by atoms with Crippen LogP contribution in [0.25, 0.3) is 22.1 Å². The fraction of sp³-hybridized carbons (Fsp3) is 0.125. The Morgan fingerprint density at radius 3 is 2.68 bits per heavy atom. The first-order chi connectivity index (χ1) is 10.7. The van der Waals surface area contributed by atoms with Crippen LogP contribution in [0, 0.1) is 0 Å². The van der Waals surface area contributed by atoms with E-state index in [2.05, 4.69) is 4.98 Å². The molecule has 2 aromatic heterocycles. The molecule has 1 aromatic carbocycles. The summed E-state index contributed by atoms with van der Waals surface area (Å²) in [4.78, 5) is 16.1. The fourth-order valence-corrected chi connectivity index (χ4v) is 2.79. The fourth-order valence-electron chi connectivity index (χ4n) is 2.07. The highest BCUT2D eigenvalue weighted by atomic mass is 32.1. The maximum absolute atomic E-state index is 10.9. The molecule has 112 valence electrons. The number of rotatable bonds is 5. The Bertz CT molecular complexity index is 775. The molecule has 0 aliphatic carbocycles. The van der Waals surface area contributed by atoms with Gasteiger partial charge >= 0.3 is 0 Å². The molecule has 0 N–H and O–H groups in total. The predicted molar refractivity (Wildman–Crippen MR) is 80.5 cm³/mol. The van der Waals surface area contributed by atoms with Crippen LogP contribution >= 0.6 is 11.3 Å². The van der Waals surface area contributed by atoms with E-state index < -0.39 is 5.97 Å². The van der Waals surface area contributed by atoms with Gasteiger partial charge in [0.1, 0.15) is 5.75 Å². The molecule has 0 saturated carbocycles. The highest BCUT2D eigenvalue weighted by Crippen LogP contribution is 2.33. The smallest absolute Gasteiger partial charge is 0.227 e. The Morgan fingerprint density at radius 1 is 1.32 bits per heavy atom. The summed E-state index contributed by atoms with van der Waals surface area (Å²) in [5.41, 5.74) is 1.12. The standard InChI is InChI=1S/C16H13NO4S/c1-20-11-6-4-10(5-7-11)16-17-12(9-14(18)19)15(21-16)13-3-2-8-22-13/h2-8H,9H2,1H3,(H,18,19)/p-1. The van der Waals surface area contributed by atoms with Gasteiger partial charge in [0.2, 0.25) is 5.89 Å². The van der Waals surface area contributed by atoms with Gasteiger partial charge in [-0.1, -0.05) is 6.07 Å². The van der Waals surface area contributed by atoms with E-state index in [-0.39, 0.29) is 6.42 Å². The minimum atomic E-state index is -1.19. The third-order valence-corrected chi connectivity index (χ3v) is 3.96. The number of methoxy groups -OCH3 is 1. The van der Waals surface area contributed by atoms with E-state index >= 15 is 0 Å². The lowest BCUT2D eigenvalue weighted by atomic mass is 10.2. The van der Waals surface area contributed by atoms with Crippen molar-refractivity contribution in [3.63, 3.8) is 0 Å². The topological polar surface area (TPSA) is 75.4 Å². The van der Waals surface area contributed by atoms with Crippen molar-refractivity contribution >= 4 is 17.3 Å².